The van der Waals surface area contributed by atoms with Crippen molar-refractivity contribution in [2.75, 3.05) is 6.61 Å². The molecule has 1 saturated carbocycles. The molecule has 0 aromatic heterocycles. The minimum Gasteiger partial charge on any atom is -0.494 e. The molecule has 1 aliphatic rings. The number of hydrogen-bond acceptors (Lipinski definition) is 3. The van der Waals surface area contributed by atoms with Crippen molar-refractivity contribution in [3.8, 4) is 5.75 Å². The number of carbonyl (C=O) groups excluding carboxylic acids is 1. The second-order valence-electron chi connectivity index (χ2n) is 9.40. The number of benzene rings is 1. The normalized spacial score (nSPS) is 19.9. The van der Waals surface area contributed by atoms with E-state index in [1.807, 2.05) is 12.1 Å². The van der Waals surface area contributed by atoms with Crippen LogP contribution in [0.2, 0.25) is 0 Å². The second kappa shape index (κ2) is 10.2. The van der Waals surface area contributed by atoms with E-state index in [0.717, 1.165) is 30.9 Å². The van der Waals surface area contributed by atoms with E-state index in [-0.39, 0.29) is 5.91 Å². The molecule has 2 N–H and O–H groups in total. The highest BCUT2D eigenvalue weighted by Crippen LogP contribution is 2.37. The maximum atomic E-state index is 12.4. The molecule has 0 atom stereocenters. The Morgan fingerprint density at radius 1 is 1.14 bits per heavy atom. The van der Waals surface area contributed by atoms with E-state index in [1.54, 1.807) is 12.1 Å². The molecule has 156 valence electrons. The lowest BCUT2D eigenvalue weighted by Crippen LogP contribution is -2.46. The second-order valence-corrected chi connectivity index (χ2v) is 9.81. The topological polar surface area (TPSA) is 50.4 Å². The van der Waals surface area contributed by atoms with E-state index in [9.17, 15) is 4.79 Å². The van der Waals surface area contributed by atoms with Gasteiger partial charge in [0.15, 0.2) is 5.11 Å². The largest absolute Gasteiger partial charge is 0.494 e. The van der Waals surface area contributed by atoms with Crippen molar-refractivity contribution in [3.63, 3.8) is 0 Å². The fourth-order valence-electron chi connectivity index (χ4n) is 3.62. The smallest absolute Gasteiger partial charge is 0.257 e. The molecule has 0 saturated heterocycles. The van der Waals surface area contributed by atoms with Crippen LogP contribution in [0.4, 0.5) is 0 Å². The van der Waals surface area contributed by atoms with E-state index in [0.29, 0.717) is 34.7 Å². The third kappa shape index (κ3) is 7.42. The van der Waals surface area contributed by atoms with E-state index in [4.69, 9.17) is 17.0 Å². The molecule has 0 bridgehead atoms. The first-order chi connectivity index (χ1) is 13.1. The van der Waals surface area contributed by atoms with Crippen molar-refractivity contribution in [2.24, 2.45) is 17.3 Å². The average Bonchev–Trinajstić information content (AvgIpc) is 2.61. The molecule has 5 heteroatoms. The van der Waals surface area contributed by atoms with Crippen LogP contribution < -0.4 is 15.4 Å². The number of ether oxygens (including phenoxy) is 1. The molecular formula is C23H36N2O2S. The number of thiocarbonyl (C=S) groups is 1. The number of nitrogens with one attached hydrogen (secondary N) is 2. The quantitative estimate of drug-likeness (QED) is 0.630. The zero-order valence-electron chi connectivity index (χ0n) is 18.0. The molecule has 0 spiro atoms. The van der Waals surface area contributed by atoms with Crippen LogP contribution >= 0.6 is 12.2 Å². The van der Waals surface area contributed by atoms with Gasteiger partial charge in [-0.3, -0.25) is 10.1 Å². The minimum absolute atomic E-state index is 0.186. The Labute approximate surface area is 175 Å². The first-order valence-electron chi connectivity index (χ1n) is 10.5. The summed E-state index contributed by atoms with van der Waals surface area (Å²) in [5.41, 5.74) is 0.946. The van der Waals surface area contributed by atoms with Crippen LogP contribution in [0, 0.1) is 17.3 Å². The summed E-state index contributed by atoms with van der Waals surface area (Å²) in [4.78, 5) is 12.4. The van der Waals surface area contributed by atoms with Crippen LogP contribution in [0.3, 0.4) is 0 Å². The van der Waals surface area contributed by atoms with Crippen molar-refractivity contribution < 1.29 is 9.53 Å². The molecule has 28 heavy (non-hydrogen) atoms. The number of carbonyl (C=O) groups is 1. The van der Waals surface area contributed by atoms with Gasteiger partial charge in [0.2, 0.25) is 0 Å². The molecule has 0 unspecified atom stereocenters. The molecule has 2 rings (SSSR count). The number of rotatable bonds is 6. The molecule has 1 amide bonds. The Balaban J connectivity index is 1.76. The fraction of sp³-hybridized carbons (Fsp3) is 0.652. The predicted octanol–water partition coefficient (Wildman–Crippen LogP) is 5.32. The van der Waals surface area contributed by atoms with Crippen LogP contribution in [0.1, 0.15) is 77.1 Å². The van der Waals surface area contributed by atoms with Crippen molar-refractivity contribution in [1.29, 1.82) is 0 Å². The summed E-state index contributed by atoms with van der Waals surface area (Å²) in [5, 5.41) is 6.54. The van der Waals surface area contributed by atoms with E-state index in [1.165, 1.54) is 12.8 Å². The molecule has 1 fully saturated rings. The fourth-order valence-corrected chi connectivity index (χ4v) is 3.87. The monoisotopic (exact) mass is 404 g/mol. The van der Waals surface area contributed by atoms with E-state index >= 15 is 0 Å². The molecular weight excluding hydrogens is 368 g/mol. The maximum absolute atomic E-state index is 12.4. The van der Waals surface area contributed by atoms with Gasteiger partial charge in [-0.1, -0.05) is 34.6 Å². The number of amides is 1. The summed E-state index contributed by atoms with van der Waals surface area (Å²) >= 11 is 5.35. The Morgan fingerprint density at radius 3 is 2.29 bits per heavy atom. The summed E-state index contributed by atoms with van der Waals surface area (Å²) < 4.78 is 5.70. The lowest BCUT2D eigenvalue weighted by atomic mass is 9.71. The van der Waals surface area contributed by atoms with Gasteiger partial charge in [0, 0.05) is 11.6 Å². The first kappa shape index (κ1) is 22.7. The molecule has 4 nitrogen and oxygen atoms in total. The summed E-state index contributed by atoms with van der Waals surface area (Å²) in [7, 11) is 0. The molecule has 0 radical (unpaired) electrons. The standard InChI is InChI=1S/C23H36N2O2S/c1-16(2)14-15-27-20-12-6-17(7-13-20)21(26)25-22(28)24-19-10-8-18(9-11-19)23(3,4)5/h6-7,12-13,16,18-19H,8-11,14-15H2,1-5H3,(H2,24,25,26,28). The summed E-state index contributed by atoms with van der Waals surface area (Å²) in [6, 6.07) is 7.57. The van der Waals surface area contributed by atoms with Crippen molar-refractivity contribution >= 4 is 23.2 Å². The first-order valence-corrected chi connectivity index (χ1v) is 10.9. The molecule has 1 aliphatic carbocycles. The maximum Gasteiger partial charge on any atom is 0.257 e. The predicted molar refractivity (Wildman–Crippen MR) is 120 cm³/mol. The average molecular weight is 405 g/mol. The van der Waals surface area contributed by atoms with Gasteiger partial charge in [-0.15, -0.1) is 0 Å². The minimum atomic E-state index is -0.186. The zero-order valence-corrected chi connectivity index (χ0v) is 18.8. The van der Waals surface area contributed by atoms with Crippen molar-refractivity contribution in [2.45, 2.75) is 72.8 Å². The molecule has 1 aromatic rings. The van der Waals surface area contributed by atoms with Gasteiger partial charge in [-0.2, -0.15) is 0 Å². The van der Waals surface area contributed by atoms with Crippen molar-refractivity contribution in [3.05, 3.63) is 29.8 Å². The van der Waals surface area contributed by atoms with Gasteiger partial charge in [0.25, 0.3) is 5.91 Å². The highest BCUT2D eigenvalue weighted by atomic mass is 32.1. The molecule has 0 aliphatic heterocycles. The Morgan fingerprint density at radius 2 is 1.75 bits per heavy atom. The van der Waals surface area contributed by atoms with Gasteiger partial charge < -0.3 is 10.1 Å². The molecule has 1 aromatic carbocycles. The van der Waals surface area contributed by atoms with E-state index < -0.39 is 0 Å². The number of hydrogen-bond donors (Lipinski definition) is 2. The van der Waals surface area contributed by atoms with Gasteiger partial charge >= 0.3 is 0 Å². The lowest BCUT2D eigenvalue weighted by Gasteiger charge is -2.37. The highest BCUT2D eigenvalue weighted by molar-refractivity contribution is 7.80. The third-order valence-corrected chi connectivity index (χ3v) is 5.81. The Bertz CT molecular complexity index is 642. The Kier molecular flexibility index (Phi) is 8.29. The van der Waals surface area contributed by atoms with Gasteiger partial charge in [-0.05, 0) is 85.8 Å². The summed E-state index contributed by atoms with van der Waals surface area (Å²) in [6.07, 6.45) is 5.62. The zero-order chi connectivity index (χ0) is 20.7. The summed E-state index contributed by atoms with van der Waals surface area (Å²) in [6.45, 7) is 12.0. The van der Waals surface area contributed by atoms with Crippen LogP contribution in [0.15, 0.2) is 24.3 Å². The highest BCUT2D eigenvalue weighted by Gasteiger charge is 2.29. The van der Waals surface area contributed by atoms with Crippen molar-refractivity contribution in [1.82, 2.24) is 10.6 Å². The SMILES string of the molecule is CC(C)CCOc1ccc(C(=O)NC(=S)NC2CCC(C(C)(C)C)CC2)cc1. The van der Waals surface area contributed by atoms with Crippen LogP contribution in [0.25, 0.3) is 0 Å². The van der Waals surface area contributed by atoms with Crippen LogP contribution in [-0.2, 0) is 0 Å². The third-order valence-electron chi connectivity index (χ3n) is 5.59. The van der Waals surface area contributed by atoms with Crippen LogP contribution in [-0.4, -0.2) is 23.7 Å². The lowest BCUT2D eigenvalue weighted by molar-refractivity contribution is 0.0976. The van der Waals surface area contributed by atoms with Gasteiger partial charge in [0.1, 0.15) is 5.75 Å². The van der Waals surface area contributed by atoms with Crippen LogP contribution in [0.5, 0.6) is 5.75 Å². The van der Waals surface area contributed by atoms with E-state index in [2.05, 4.69) is 45.3 Å². The summed E-state index contributed by atoms with van der Waals surface area (Å²) in [5.74, 6) is 1.97. The van der Waals surface area contributed by atoms with Gasteiger partial charge in [-0.25, -0.2) is 0 Å². The Hall–Kier alpha value is -1.62. The molecule has 0 heterocycles. The van der Waals surface area contributed by atoms with Gasteiger partial charge in [0.05, 0.1) is 6.61 Å².